The number of amides is 1. The number of hydrogen-bond acceptors (Lipinski definition) is 4. The standard InChI is InChI=1S/C24H27NO4/c1-3-29-23(28)24(16-20-13-8-7-10-18(20)2)14-9-15-25(17-24)22(27)21(26)19-11-5-4-6-12-19/h4-8,10-13H,3,9,14-17H2,1-2H3. The summed E-state index contributed by atoms with van der Waals surface area (Å²) in [4.78, 5) is 40.1. The minimum absolute atomic E-state index is 0.192. The largest absolute Gasteiger partial charge is 0.466 e. The number of hydrogen-bond donors (Lipinski definition) is 0. The van der Waals surface area contributed by atoms with E-state index in [4.69, 9.17) is 4.74 Å². The maximum absolute atomic E-state index is 13.0. The van der Waals surface area contributed by atoms with Gasteiger partial charge < -0.3 is 9.64 Å². The molecule has 0 spiro atoms. The minimum atomic E-state index is -0.840. The van der Waals surface area contributed by atoms with Crippen molar-refractivity contribution in [2.24, 2.45) is 5.41 Å². The van der Waals surface area contributed by atoms with Crippen molar-refractivity contribution in [2.45, 2.75) is 33.1 Å². The Morgan fingerprint density at radius 2 is 1.72 bits per heavy atom. The maximum atomic E-state index is 13.0. The van der Waals surface area contributed by atoms with Crippen LogP contribution in [-0.2, 0) is 20.7 Å². The molecule has 1 amide bonds. The topological polar surface area (TPSA) is 63.7 Å². The smallest absolute Gasteiger partial charge is 0.314 e. The van der Waals surface area contributed by atoms with Crippen LogP contribution in [0.2, 0.25) is 0 Å². The number of rotatable bonds is 6. The molecule has 152 valence electrons. The summed E-state index contributed by atoms with van der Waals surface area (Å²) < 4.78 is 5.41. The molecule has 0 aromatic heterocycles. The van der Waals surface area contributed by atoms with Gasteiger partial charge in [-0.2, -0.15) is 0 Å². The normalized spacial score (nSPS) is 18.9. The Kier molecular flexibility index (Phi) is 6.47. The van der Waals surface area contributed by atoms with Gasteiger partial charge in [0.05, 0.1) is 12.0 Å². The number of carbonyl (C=O) groups is 3. The van der Waals surface area contributed by atoms with Crippen LogP contribution in [0.3, 0.4) is 0 Å². The molecule has 1 aliphatic rings. The summed E-state index contributed by atoms with van der Waals surface area (Å²) in [7, 11) is 0. The van der Waals surface area contributed by atoms with Crippen LogP contribution in [0.25, 0.3) is 0 Å². The molecule has 0 N–H and O–H groups in total. The van der Waals surface area contributed by atoms with Gasteiger partial charge in [0.1, 0.15) is 0 Å². The van der Waals surface area contributed by atoms with Crippen LogP contribution < -0.4 is 0 Å². The van der Waals surface area contributed by atoms with E-state index in [1.54, 1.807) is 37.3 Å². The molecule has 29 heavy (non-hydrogen) atoms. The molecule has 5 nitrogen and oxygen atoms in total. The van der Waals surface area contributed by atoms with Gasteiger partial charge in [-0.1, -0.05) is 54.6 Å². The maximum Gasteiger partial charge on any atom is 0.314 e. The quantitative estimate of drug-likeness (QED) is 0.427. The van der Waals surface area contributed by atoms with Gasteiger partial charge in [0, 0.05) is 18.7 Å². The molecule has 1 fully saturated rings. The zero-order valence-electron chi connectivity index (χ0n) is 17.0. The van der Waals surface area contributed by atoms with Crippen molar-refractivity contribution in [3.05, 3.63) is 71.3 Å². The molecule has 1 heterocycles. The molecule has 0 saturated carbocycles. The first-order valence-corrected chi connectivity index (χ1v) is 10.1. The van der Waals surface area contributed by atoms with Gasteiger partial charge in [-0.25, -0.2) is 0 Å². The summed E-state index contributed by atoms with van der Waals surface area (Å²) in [6, 6.07) is 16.5. The molecule has 1 saturated heterocycles. The first kappa shape index (κ1) is 20.8. The van der Waals surface area contributed by atoms with Gasteiger partial charge in [-0.15, -0.1) is 0 Å². The molecule has 1 unspecified atom stereocenters. The third kappa shape index (κ3) is 4.56. The minimum Gasteiger partial charge on any atom is -0.466 e. The fourth-order valence-corrected chi connectivity index (χ4v) is 4.00. The number of nitrogens with zero attached hydrogens (tertiary/aromatic N) is 1. The van der Waals surface area contributed by atoms with E-state index >= 15 is 0 Å². The lowest BCUT2D eigenvalue weighted by Crippen LogP contribution is -2.53. The summed E-state index contributed by atoms with van der Waals surface area (Å²) in [6.45, 7) is 4.73. The van der Waals surface area contributed by atoms with Crippen molar-refractivity contribution < 1.29 is 19.1 Å². The van der Waals surface area contributed by atoms with Crippen molar-refractivity contribution in [3.63, 3.8) is 0 Å². The van der Waals surface area contributed by atoms with E-state index in [1.165, 1.54) is 4.90 Å². The molecule has 5 heteroatoms. The third-order valence-corrected chi connectivity index (χ3v) is 5.59. The highest BCUT2D eigenvalue weighted by Crippen LogP contribution is 2.36. The van der Waals surface area contributed by atoms with Crippen LogP contribution in [0.4, 0.5) is 0 Å². The molecule has 1 atom stereocenters. The molecular formula is C24H27NO4. The average Bonchev–Trinajstić information content (AvgIpc) is 2.75. The highest BCUT2D eigenvalue weighted by molar-refractivity contribution is 6.42. The van der Waals surface area contributed by atoms with Crippen molar-refractivity contribution >= 4 is 17.7 Å². The third-order valence-electron chi connectivity index (χ3n) is 5.59. The number of Topliss-reactive ketones (excluding diaryl/α,β-unsaturated/α-hetero) is 1. The van der Waals surface area contributed by atoms with E-state index in [0.29, 0.717) is 31.4 Å². The first-order chi connectivity index (χ1) is 14.0. The number of piperidine rings is 1. The Morgan fingerprint density at radius 1 is 1.03 bits per heavy atom. The van der Waals surface area contributed by atoms with Gasteiger partial charge in [0.15, 0.2) is 0 Å². The Labute approximate surface area is 171 Å². The summed E-state index contributed by atoms with van der Waals surface area (Å²) >= 11 is 0. The Morgan fingerprint density at radius 3 is 2.41 bits per heavy atom. The van der Waals surface area contributed by atoms with E-state index < -0.39 is 17.1 Å². The highest BCUT2D eigenvalue weighted by Gasteiger charge is 2.45. The van der Waals surface area contributed by atoms with E-state index in [-0.39, 0.29) is 19.1 Å². The van der Waals surface area contributed by atoms with Gasteiger partial charge in [-0.3, -0.25) is 14.4 Å². The van der Waals surface area contributed by atoms with Crippen molar-refractivity contribution in [1.82, 2.24) is 4.90 Å². The number of carbonyl (C=O) groups excluding carboxylic acids is 3. The van der Waals surface area contributed by atoms with Crippen LogP contribution in [0, 0.1) is 12.3 Å². The number of esters is 1. The number of likely N-dealkylation sites (tertiary alicyclic amines) is 1. The fraction of sp³-hybridized carbons (Fsp3) is 0.375. The Hall–Kier alpha value is -2.95. The van der Waals surface area contributed by atoms with Crippen molar-refractivity contribution in [1.29, 1.82) is 0 Å². The van der Waals surface area contributed by atoms with Gasteiger partial charge in [0.2, 0.25) is 5.78 Å². The fourth-order valence-electron chi connectivity index (χ4n) is 4.00. The number of ketones is 1. The molecule has 1 aliphatic heterocycles. The average molecular weight is 393 g/mol. The molecule has 0 radical (unpaired) electrons. The molecule has 2 aromatic rings. The summed E-state index contributed by atoms with van der Waals surface area (Å²) in [5, 5.41) is 0. The monoisotopic (exact) mass is 393 g/mol. The van der Waals surface area contributed by atoms with Crippen LogP contribution in [0.1, 0.15) is 41.3 Å². The van der Waals surface area contributed by atoms with Gasteiger partial charge in [-0.05, 0) is 44.2 Å². The molecule has 2 aromatic carbocycles. The van der Waals surface area contributed by atoms with Gasteiger partial charge in [0.25, 0.3) is 5.91 Å². The Balaban J connectivity index is 1.87. The zero-order valence-corrected chi connectivity index (χ0v) is 17.0. The second-order valence-electron chi connectivity index (χ2n) is 7.63. The lowest BCUT2D eigenvalue weighted by molar-refractivity contribution is -0.160. The van der Waals surface area contributed by atoms with Crippen LogP contribution in [0.5, 0.6) is 0 Å². The predicted octanol–water partition coefficient (Wildman–Crippen LogP) is 3.59. The second kappa shape index (κ2) is 9.03. The van der Waals surface area contributed by atoms with Crippen molar-refractivity contribution in [2.75, 3.05) is 19.7 Å². The summed E-state index contributed by atoms with van der Waals surface area (Å²) in [6.07, 6.45) is 1.77. The van der Waals surface area contributed by atoms with Crippen LogP contribution >= 0.6 is 0 Å². The van der Waals surface area contributed by atoms with Crippen molar-refractivity contribution in [3.8, 4) is 0 Å². The molecule has 0 aliphatic carbocycles. The number of ether oxygens (including phenoxy) is 1. The zero-order chi connectivity index (χ0) is 20.9. The lowest BCUT2D eigenvalue weighted by Gasteiger charge is -2.41. The lowest BCUT2D eigenvalue weighted by atomic mass is 9.74. The van der Waals surface area contributed by atoms with E-state index in [0.717, 1.165) is 11.1 Å². The first-order valence-electron chi connectivity index (χ1n) is 10.1. The summed E-state index contributed by atoms with van der Waals surface area (Å²) in [5.74, 6) is -1.40. The molecular weight excluding hydrogens is 366 g/mol. The SMILES string of the molecule is CCOC(=O)C1(Cc2ccccc2C)CCCN(C(=O)C(=O)c2ccccc2)C1. The predicted molar refractivity (Wildman–Crippen MR) is 111 cm³/mol. The number of aryl methyl sites for hydroxylation is 1. The van der Waals surface area contributed by atoms with E-state index in [1.807, 2.05) is 31.2 Å². The second-order valence-corrected chi connectivity index (χ2v) is 7.63. The van der Waals surface area contributed by atoms with E-state index in [9.17, 15) is 14.4 Å². The molecule has 0 bridgehead atoms. The summed E-state index contributed by atoms with van der Waals surface area (Å²) in [5.41, 5.74) is 1.68. The van der Waals surface area contributed by atoms with E-state index in [2.05, 4.69) is 0 Å². The van der Waals surface area contributed by atoms with Gasteiger partial charge >= 0.3 is 5.97 Å². The highest BCUT2D eigenvalue weighted by atomic mass is 16.5. The van der Waals surface area contributed by atoms with Crippen LogP contribution in [-0.4, -0.2) is 42.3 Å². The Bertz CT molecular complexity index is 893. The number of benzene rings is 2. The van der Waals surface area contributed by atoms with Crippen LogP contribution in [0.15, 0.2) is 54.6 Å². The molecule has 3 rings (SSSR count).